The predicted octanol–water partition coefficient (Wildman–Crippen LogP) is 4.58. The minimum Gasteiger partial charge on any atom is -0.474 e. The van der Waals surface area contributed by atoms with Crippen LogP contribution in [0.25, 0.3) is 5.57 Å². The van der Waals surface area contributed by atoms with Crippen molar-refractivity contribution < 1.29 is 9.13 Å². The van der Waals surface area contributed by atoms with Crippen molar-refractivity contribution in [3.63, 3.8) is 0 Å². The Morgan fingerprint density at radius 2 is 2.16 bits per heavy atom. The molecule has 1 unspecified atom stereocenters. The van der Waals surface area contributed by atoms with E-state index in [4.69, 9.17) is 4.74 Å². The van der Waals surface area contributed by atoms with E-state index in [9.17, 15) is 4.39 Å². The maximum atomic E-state index is 14.1. The Kier molecular flexibility index (Phi) is 5.52. The summed E-state index contributed by atoms with van der Waals surface area (Å²) in [5.41, 5.74) is 1.63. The summed E-state index contributed by atoms with van der Waals surface area (Å²) in [4.78, 5) is 4.22. The molecule has 0 bridgehead atoms. The van der Waals surface area contributed by atoms with Gasteiger partial charge in [-0.05, 0) is 43.9 Å². The molecule has 0 N–H and O–H groups in total. The monoisotopic (exact) mass is 265 g/mol. The van der Waals surface area contributed by atoms with Crippen molar-refractivity contribution in [1.29, 1.82) is 0 Å². The van der Waals surface area contributed by atoms with Crippen LogP contribution in [0.4, 0.5) is 4.39 Å². The van der Waals surface area contributed by atoms with Crippen molar-refractivity contribution in [3.8, 4) is 5.88 Å². The van der Waals surface area contributed by atoms with Crippen LogP contribution in [0.2, 0.25) is 0 Å². The highest BCUT2D eigenvalue weighted by molar-refractivity contribution is 5.68. The van der Waals surface area contributed by atoms with Gasteiger partial charge in [-0.25, -0.2) is 9.37 Å². The molecule has 19 heavy (non-hydrogen) atoms. The lowest BCUT2D eigenvalue weighted by Crippen LogP contribution is -2.27. The molecular formula is C16H24FNO. The molecule has 1 heterocycles. The maximum absolute atomic E-state index is 14.1. The number of rotatable bonds is 7. The predicted molar refractivity (Wildman–Crippen MR) is 78.2 cm³/mol. The fraction of sp³-hybridized carbons (Fsp3) is 0.562. The normalized spacial score (nSPS) is 13.9. The van der Waals surface area contributed by atoms with Crippen LogP contribution in [0.3, 0.4) is 0 Å². The number of aromatic nitrogens is 1. The summed E-state index contributed by atoms with van der Waals surface area (Å²) in [7, 11) is 0. The molecule has 1 aromatic rings. The fourth-order valence-corrected chi connectivity index (χ4v) is 2.15. The van der Waals surface area contributed by atoms with E-state index in [1.165, 1.54) is 0 Å². The Labute approximate surface area is 115 Å². The first kappa shape index (κ1) is 15.7. The second-order valence-corrected chi connectivity index (χ2v) is 5.24. The van der Waals surface area contributed by atoms with E-state index in [1.807, 2.05) is 19.9 Å². The maximum Gasteiger partial charge on any atom is 0.221 e. The SMILES string of the molecule is C=C(C)c1c(CC)ccnc1OCC(C)(F)CCC. The number of hydrogen-bond donors (Lipinski definition) is 0. The molecule has 0 aliphatic heterocycles. The third-order valence-electron chi connectivity index (χ3n) is 3.09. The summed E-state index contributed by atoms with van der Waals surface area (Å²) in [6.07, 6.45) is 3.87. The molecule has 0 amide bonds. The molecule has 0 spiro atoms. The van der Waals surface area contributed by atoms with Crippen LogP contribution in [0.5, 0.6) is 5.88 Å². The van der Waals surface area contributed by atoms with E-state index in [2.05, 4.69) is 18.5 Å². The molecule has 2 nitrogen and oxygen atoms in total. The molecule has 0 aromatic carbocycles. The van der Waals surface area contributed by atoms with Gasteiger partial charge in [-0.1, -0.05) is 26.8 Å². The van der Waals surface area contributed by atoms with Crippen molar-refractivity contribution >= 4 is 5.57 Å². The summed E-state index contributed by atoms with van der Waals surface area (Å²) in [6.45, 7) is 11.5. The molecule has 3 heteroatoms. The van der Waals surface area contributed by atoms with Crippen LogP contribution in [0, 0.1) is 0 Å². The van der Waals surface area contributed by atoms with E-state index in [0.29, 0.717) is 12.3 Å². The van der Waals surface area contributed by atoms with Gasteiger partial charge in [-0.15, -0.1) is 0 Å². The smallest absolute Gasteiger partial charge is 0.221 e. The van der Waals surface area contributed by atoms with Gasteiger partial charge in [0.15, 0.2) is 0 Å². The van der Waals surface area contributed by atoms with Gasteiger partial charge >= 0.3 is 0 Å². The van der Waals surface area contributed by atoms with Crippen molar-refractivity contribution in [2.75, 3.05) is 6.61 Å². The van der Waals surface area contributed by atoms with Crippen molar-refractivity contribution in [2.45, 2.75) is 52.6 Å². The minimum atomic E-state index is -1.31. The van der Waals surface area contributed by atoms with Crippen LogP contribution >= 0.6 is 0 Å². The summed E-state index contributed by atoms with van der Waals surface area (Å²) in [5, 5.41) is 0. The highest BCUT2D eigenvalue weighted by Crippen LogP contribution is 2.28. The summed E-state index contributed by atoms with van der Waals surface area (Å²) < 4.78 is 19.7. The van der Waals surface area contributed by atoms with Gasteiger partial charge in [-0.2, -0.15) is 0 Å². The quantitative estimate of drug-likeness (QED) is 0.719. The summed E-state index contributed by atoms with van der Waals surface area (Å²) in [5.74, 6) is 0.492. The average Bonchev–Trinajstić information content (AvgIpc) is 2.35. The van der Waals surface area contributed by atoms with Gasteiger partial charge in [0.1, 0.15) is 12.3 Å². The van der Waals surface area contributed by atoms with Crippen LogP contribution in [0.15, 0.2) is 18.8 Å². The second-order valence-electron chi connectivity index (χ2n) is 5.24. The highest BCUT2D eigenvalue weighted by atomic mass is 19.1. The molecule has 0 saturated carbocycles. The molecule has 0 fully saturated rings. The molecule has 106 valence electrons. The Bertz CT molecular complexity index is 440. The Morgan fingerprint density at radius 3 is 2.68 bits per heavy atom. The largest absolute Gasteiger partial charge is 0.474 e. The first-order valence-electron chi connectivity index (χ1n) is 6.86. The van der Waals surface area contributed by atoms with Gasteiger partial charge in [0.2, 0.25) is 5.88 Å². The lowest BCUT2D eigenvalue weighted by Gasteiger charge is -2.21. The zero-order chi connectivity index (χ0) is 14.5. The summed E-state index contributed by atoms with van der Waals surface area (Å²) >= 11 is 0. The molecule has 1 atom stereocenters. The van der Waals surface area contributed by atoms with Gasteiger partial charge in [-0.3, -0.25) is 0 Å². The first-order valence-corrected chi connectivity index (χ1v) is 6.86. The van der Waals surface area contributed by atoms with E-state index < -0.39 is 5.67 Å². The molecule has 1 rings (SSSR count). The zero-order valence-electron chi connectivity index (χ0n) is 12.4. The first-order chi connectivity index (χ1) is 8.91. The number of halogens is 1. The minimum absolute atomic E-state index is 0.0291. The zero-order valence-corrected chi connectivity index (χ0v) is 12.4. The van der Waals surface area contributed by atoms with Crippen LogP contribution in [-0.4, -0.2) is 17.3 Å². The summed E-state index contributed by atoms with van der Waals surface area (Å²) in [6, 6.07) is 1.96. The van der Waals surface area contributed by atoms with E-state index in [0.717, 1.165) is 29.5 Å². The third-order valence-corrected chi connectivity index (χ3v) is 3.09. The Balaban J connectivity index is 2.92. The number of pyridine rings is 1. The molecule has 0 aliphatic rings. The highest BCUT2D eigenvalue weighted by Gasteiger charge is 2.24. The topological polar surface area (TPSA) is 22.1 Å². The van der Waals surface area contributed by atoms with Crippen LogP contribution in [0.1, 0.15) is 51.7 Å². The lowest BCUT2D eigenvalue weighted by atomic mass is 10.0. The van der Waals surface area contributed by atoms with Gasteiger partial charge in [0.05, 0.1) is 0 Å². The van der Waals surface area contributed by atoms with Gasteiger partial charge in [0.25, 0.3) is 0 Å². The van der Waals surface area contributed by atoms with E-state index in [1.54, 1.807) is 13.1 Å². The Morgan fingerprint density at radius 1 is 1.47 bits per heavy atom. The standard InChI is InChI=1S/C16H24FNO/c1-6-9-16(5,17)11-19-15-14(12(3)4)13(7-2)8-10-18-15/h8,10H,3,6-7,9,11H2,1-2,4-5H3. The fourth-order valence-electron chi connectivity index (χ4n) is 2.15. The number of alkyl halides is 1. The van der Waals surface area contributed by atoms with Crippen LogP contribution in [-0.2, 0) is 6.42 Å². The third kappa shape index (κ3) is 4.34. The lowest BCUT2D eigenvalue weighted by molar-refractivity contribution is 0.0897. The number of allylic oxidation sites excluding steroid dienone is 1. The average molecular weight is 265 g/mol. The molecule has 1 aromatic heterocycles. The van der Waals surface area contributed by atoms with Gasteiger partial charge in [0, 0.05) is 11.8 Å². The number of hydrogen-bond acceptors (Lipinski definition) is 2. The molecule has 0 saturated heterocycles. The van der Waals surface area contributed by atoms with E-state index >= 15 is 0 Å². The molecular weight excluding hydrogens is 241 g/mol. The van der Waals surface area contributed by atoms with Crippen molar-refractivity contribution in [2.24, 2.45) is 0 Å². The van der Waals surface area contributed by atoms with Crippen LogP contribution < -0.4 is 4.74 Å². The number of nitrogens with zero attached hydrogens (tertiary/aromatic N) is 1. The van der Waals surface area contributed by atoms with Crippen molar-refractivity contribution in [1.82, 2.24) is 4.98 Å². The number of aryl methyl sites for hydroxylation is 1. The Hall–Kier alpha value is -1.38. The van der Waals surface area contributed by atoms with Gasteiger partial charge < -0.3 is 4.74 Å². The molecule has 0 radical (unpaired) electrons. The second kappa shape index (κ2) is 6.69. The van der Waals surface area contributed by atoms with Crippen molar-refractivity contribution in [3.05, 3.63) is 30.0 Å². The van der Waals surface area contributed by atoms with E-state index in [-0.39, 0.29) is 6.61 Å². The molecule has 0 aliphatic carbocycles. The number of ether oxygens (including phenoxy) is 1.